The van der Waals surface area contributed by atoms with Crippen molar-refractivity contribution in [1.82, 2.24) is 10.2 Å². The minimum Gasteiger partial charge on any atom is -0.483 e. The number of carbonyl (C=O) groups is 1. The molecule has 1 saturated heterocycles. The van der Waals surface area contributed by atoms with Gasteiger partial charge in [0.2, 0.25) is 0 Å². The highest BCUT2D eigenvalue weighted by Gasteiger charge is 2.18. The summed E-state index contributed by atoms with van der Waals surface area (Å²) in [6.07, 6.45) is 2.21. The summed E-state index contributed by atoms with van der Waals surface area (Å²) in [6.45, 7) is 5.71. The normalized spacial score (nSPS) is 14.6. The van der Waals surface area contributed by atoms with Gasteiger partial charge in [0.25, 0.3) is 5.91 Å². The number of nitrogens with zero attached hydrogens (tertiary/aromatic N) is 1. The fourth-order valence-electron chi connectivity index (χ4n) is 2.24. The molecule has 5 heteroatoms. The molecule has 0 unspecified atom stereocenters. The number of likely N-dealkylation sites (tertiary alicyclic amines) is 1. The predicted molar refractivity (Wildman–Crippen MR) is 82.8 cm³/mol. The Morgan fingerprint density at radius 1 is 1.40 bits per heavy atom. The van der Waals surface area contributed by atoms with Crippen molar-refractivity contribution >= 4 is 21.8 Å². The molecule has 20 heavy (non-hydrogen) atoms. The molecule has 4 nitrogen and oxygen atoms in total. The van der Waals surface area contributed by atoms with Gasteiger partial charge in [-0.25, -0.2) is 0 Å². The van der Waals surface area contributed by atoms with Crippen molar-refractivity contribution < 1.29 is 9.53 Å². The van der Waals surface area contributed by atoms with E-state index in [2.05, 4.69) is 28.2 Å². The molecule has 1 fully saturated rings. The maximum absolute atomic E-state index is 11.9. The van der Waals surface area contributed by atoms with Gasteiger partial charge >= 0.3 is 0 Å². The molecule has 0 saturated carbocycles. The van der Waals surface area contributed by atoms with E-state index in [0.717, 1.165) is 49.2 Å². The van der Waals surface area contributed by atoms with Crippen molar-refractivity contribution in [3.05, 3.63) is 28.2 Å². The van der Waals surface area contributed by atoms with Crippen molar-refractivity contribution in [2.45, 2.75) is 26.3 Å². The fraction of sp³-hybridized carbons (Fsp3) is 0.533. The largest absolute Gasteiger partial charge is 0.483 e. The predicted octanol–water partition coefficient (Wildman–Crippen LogP) is 2.56. The summed E-state index contributed by atoms with van der Waals surface area (Å²) in [5.41, 5.74) is 1.19. The lowest BCUT2D eigenvalue weighted by molar-refractivity contribution is -0.132. The Bertz CT molecular complexity index is 459. The first-order valence-electron chi connectivity index (χ1n) is 7.10. The fourth-order valence-corrected chi connectivity index (χ4v) is 2.78. The number of benzene rings is 1. The molecule has 1 aliphatic rings. The molecular formula is C15H21BrN2O2. The summed E-state index contributed by atoms with van der Waals surface area (Å²) in [5, 5.41) is 3.28. The SMILES string of the molecule is CCNCc1ccc(OCC(=O)N2CCCC2)c(Br)c1. The van der Waals surface area contributed by atoms with Crippen LogP contribution in [0.4, 0.5) is 0 Å². The number of carbonyl (C=O) groups excluding carboxylic acids is 1. The molecule has 110 valence electrons. The molecule has 0 atom stereocenters. The van der Waals surface area contributed by atoms with Crippen molar-refractivity contribution in [2.75, 3.05) is 26.2 Å². The van der Waals surface area contributed by atoms with Crippen LogP contribution in [0.3, 0.4) is 0 Å². The minimum atomic E-state index is 0.0751. The van der Waals surface area contributed by atoms with Gasteiger partial charge in [0.15, 0.2) is 6.61 Å². The van der Waals surface area contributed by atoms with Gasteiger partial charge in [0.1, 0.15) is 5.75 Å². The average molecular weight is 341 g/mol. The van der Waals surface area contributed by atoms with E-state index in [1.807, 2.05) is 23.1 Å². The Labute approximate surface area is 128 Å². The van der Waals surface area contributed by atoms with Crippen LogP contribution in [0.1, 0.15) is 25.3 Å². The summed E-state index contributed by atoms with van der Waals surface area (Å²) in [5.74, 6) is 0.795. The summed E-state index contributed by atoms with van der Waals surface area (Å²) >= 11 is 3.50. The van der Waals surface area contributed by atoms with Gasteiger partial charge in [-0.05, 0) is 53.0 Å². The summed E-state index contributed by atoms with van der Waals surface area (Å²) < 4.78 is 6.50. The van der Waals surface area contributed by atoms with E-state index in [4.69, 9.17) is 4.74 Å². The zero-order valence-corrected chi connectivity index (χ0v) is 13.4. The zero-order valence-electron chi connectivity index (χ0n) is 11.8. The zero-order chi connectivity index (χ0) is 14.4. The second-order valence-corrected chi connectivity index (χ2v) is 5.78. The minimum absolute atomic E-state index is 0.0751. The number of halogens is 1. The second kappa shape index (κ2) is 7.64. The molecule has 0 spiro atoms. The summed E-state index contributed by atoms with van der Waals surface area (Å²) in [4.78, 5) is 13.8. The van der Waals surface area contributed by atoms with Crippen molar-refractivity contribution in [1.29, 1.82) is 0 Å². The number of hydrogen-bond acceptors (Lipinski definition) is 3. The van der Waals surface area contributed by atoms with E-state index < -0.39 is 0 Å². The van der Waals surface area contributed by atoms with E-state index in [-0.39, 0.29) is 12.5 Å². The first kappa shape index (κ1) is 15.3. The van der Waals surface area contributed by atoms with Crippen LogP contribution in [0.5, 0.6) is 5.75 Å². The number of amides is 1. The highest BCUT2D eigenvalue weighted by Crippen LogP contribution is 2.26. The molecule has 1 aromatic rings. The molecule has 2 rings (SSSR count). The third kappa shape index (κ3) is 4.21. The second-order valence-electron chi connectivity index (χ2n) is 4.92. The van der Waals surface area contributed by atoms with E-state index in [0.29, 0.717) is 0 Å². The molecule has 0 aromatic heterocycles. The smallest absolute Gasteiger partial charge is 0.260 e. The summed E-state index contributed by atoms with van der Waals surface area (Å²) in [6, 6.07) is 5.95. The maximum Gasteiger partial charge on any atom is 0.260 e. The lowest BCUT2D eigenvalue weighted by atomic mass is 10.2. The maximum atomic E-state index is 11.9. The Balaban J connectivity index is 1.87. The van der Waals surface area contributed by atoms with Crippen LogP contribution < -0.4 is 10.1 Å². The summed E-state index contributed by atoms with van der Waals surface area (Å²) in [7, 11) is 0. The van der Waals surface area contributed by atoms with Crippen molar-refractivity contribution in [3.8, 4) is 5.75 Å². The third-order valence-corrected chi connectivity index (χ3v) is 4.01. The molecule has 0 aliphatic carbocycles. The van der Waals surface area contributed by atoms with Gasteiger partial charge in [0, 0.05) is 19.6 Å². The lowest BCUT2D eigenvalue weighted by Crippen LogP contribution is -2.32. The Morgan fingerprint density at radius 2 is 2.15 bits per heavy atom. The third-order valence-electron chi connectivity index (χ3n) is 3.39. The number of rotatable bonds is 6. The molecule has 1 amide bonds. The average Bonchev–Trinajstić information content (AvgIpc) is 2.98. The van der Waals surface area contributed by atoms with Crippen LogP contribution in [0.25, 0.3) is 0 Å². The van der Waals surface area contributed by atoms with Crippen LogP contribution in [-0.2, 0) is 11.3 Å². The highest BCUT2D eigenvalue weighted by molar-refractivity contribution is 9.10. The number of hydrogen-bond donors (Lipinski definition) is 1. The van der Waals surface area contributed by atoms with E-state index >= 15 is 0 Å². The number of ether oxygens (including phenoxy) is 1. The molecule has 1 N–H and O–H groups in total. The molecule has 1 aromatic carbocycles. The van der Waals surface area contributed by atoms with Gasteiger partial charge in [-0.15, -0.1) is 0 Å². The molecule has 0 radical (unpaired) electrons. The van der Waals surface area contributed by atoms with Gasteiger partial charge in [-0.3, -0.25) is 4.79 Å². The van der Waals surface area contributed by atoms with Gasteiger partial charge in [0.05, 0.1) is 4.47 Å². The lowest BCUT2D eigenvalue weighted by Gasteiger charge is -2.16. The van der Waals surface area contributed by atoms with Crippen LogP contribution in [0.15, 0.2) is 22.7 Å². The first-order valence-corrected chi connectivity index (χ1v) is 7.89. The van der Waals surface area contributed by atoms with Gasteiger partial charge in [-0.1, -0.05) is 13.0 Å². The molecular weight excluding hydrogens is 320 g/mol. The van der Waals surface area contributed by atoms with Crippen LogP contribution in [-0.4, -0.2) is 37.0 Å². The van der Waals surface area contributed by atoms with Crippen LogP contribution in [0.2, 0.25) is 0 Å². The topological polar surface area (TPSA) is 41.6 Å². The quantitative estimate of drug-likeness (QED) is 0.865. The molecule has 1 heterocycles. The van der Waals surface area contributed by atoms with E-state index in [1.165, 1.54) is 5.56 Å². The van der Waals surface area contributed by atoms with Gasteiger partial charge in [-0.2, -0.15) is 0 Å². The number of nitrogens with one attached hydrogen (secondary N) is 1. The molecule has 1 aliphatic heterocycles. The Kier molecular flexibility index (Phi) is 5.86. The molecule has 0 bridgehead atoms. The highest BCUT2D eigenvalue weighted by atomic mass is 79.9. The first-order chi connectivity index (χ1) is 9.70. The van der Waals surface area contributed by atoms with Gasteiger partial charge < -0.3 is 15.0 Å². The van der Waals surface area contributed by atoms with Crippen molar-refractivity contribution in [3.63, 3.8) is 0 Å². The van der Waals surface area contributed by atoms with E-state index in [1.54, 1.807) is 0 Å². The van der Waals surface area contributed by atoms with Crippen LogP contribution >= 0.6 is 15.9 Å². The standard InChI is InChI=1S/C15H21BrN2O2/c1-2-17-10-12-5-6-14(13(16)9-12)20-11-15(19)18-7-3-4-8-18/h5-6,9,17H,2-4,7-8,10-11H2,1H3. The Hall–Kier alpha value is -1.07. The Morgan fingerprint density at radius 3 is 2.80 bits per heavy atom. The van der Waals surface area contributed by atoms with Crippen LogP contribution in [0, 0.1) is 0 Å². The van der Waals surface area contributed by atoms with Crippen molar-refractivity contribution in [2.24, 2.45) is 0 Å². The van der Waals surface area contributed by atoms with E-state index in [9.17, 15) is 4.79 Å². The monoisotopic (exact) mass is 340 g/mol.